The molecule has 0 aliphatic rings. The second-order valence-corrected chi connectivity index (χ2v) is 2.90. The second-order valence-electron chi connectivity index (χ2n) is 2.90. The molecule has 0 bridgehead atoms. The van der Waals surface area contributed by atoms with Gasteiger partial charge in [0.05, 0.1) is 0 Å². The van der Waals surface area contributed by atoms with E-state index in [2.05, 4.69) is 9.97 Å². The van der Waals surface area contributed by atoms with E-state index >= 15 is 0 Å². The molecule has 0 saturated heterocycles. The normalized spacial score (nSPS) is 10.3. The van der Waals surface area contributed by atoms with Gasteiger partial charge < -0.3 is 10.7 Å². The molecule has 0 fully saturated rings. The zero-order valence-electron chi connectivity index (χ0n) is 7.52. The zero-order valence-corrected chi connectivity index (χ0v) is 7.52. The summed E-state index contributed by atoms with van der Waals surface area (Å²) in [7, 11) is 0. The third-order valence-corrected chi connectivity index (χ3v) is 1.92. The molecule has 0 aliphatic heterocycles. The van der Waals surface area contributed by atoms with Crippen LogP contribution in [0.4, 0.5) is 0 Å². The number of H-pyrrole nitrogens is 2. The first kappa shape index (κ1) is 9.73. The van der Waals surface area contributed by atoms with Crippen LogP contribution in [0, 0.1) is 6.92 Å². The summed E-state index contributed by atoms with van der Waals surface area (Å²) >= 11 is 0. The molecule has 0 amide bonds. The number of hydrogen-bond acceptors (Lipinski definition) is 3. The van der Waals surface area contributed by atoms with Crippen molar-refractivity contribution in [1.29, 1.82) is 0 Å². The van der Waals surface area contributed by atoms with Crippen molar-refractivity contribution < 1.29 is 0 Å². The number of hydrogen-bond donors (Lipinski definition) is 3. The average Bonchev–Trinajstić information content (AvgIpc) is 2.09. The molecule has 72 valence electrons. The van der Waals surface area contributed by atoms with E-state index in [1.807, 2.05) is 0 Å². The molecule has 13 heavy (non-hydrogen) atoms. The Kier molecular flexibility index (Phi) is 3.02. The van der Waals surface area contributed by atoms with Crippen LogP contribution in [0.2, 0.25) is 0 Å². The van der Waals surface area contributed by atoms with Crippen molar-refractivity contribution in [2.24, 2.45) is 5.73 Å². The Morgan fingerprint density at radius 1 is 1.31 bits per heavy atom. The number of aromatic amines is 2. The van der Waals surface area contributed by atoms with Crippen LogP contribution < -0.4 is 17.0 Å². The lowest BCUT2D eigenvalue weighted by Crippen LogP contribution is -2.26. The fourth-order valence-electron chi connectivity index (χ4n) is 1.12. The van der Waals surface area contributed by atoms with Crippen LogP contribution in [-0.2, 0) is 6.42 Å². The molecule has 1 heterocycles. The Hall–Kier alpha value is -1.36. The molecule has 0 radical (unpaired) electrons. The number of aromatic nitrogens is 2. The maximum Gasteiger partial charge on any atom is 0.325 e. The minimum absolute atomic E-state index is 0.323. The summed E-state index contributed by atoms with van der Waals surface area (Å²) in [6.07, 6.45) is 1.40. The summed E-state index contributed by atoms with van der Waals surface area (Å²) in [5, 5.41) is 0. The lowest BCUT2D eigenvalue weighted by molar-refractivity contribution is 0.785. The van der Waals surface area contributed by atoms with Gasteiger partial charge in [-0.1, -0.05) is 0 Å². The number of nitrogens with one attached hydrogen (secondary N) is 2. The largest absolute Gasteiger partial charge is 0.330 e. The first-order valence-electron chi connectivity index (χ1n) is 4.17. The fourth-order valence-corrected chi connectivity index (χ4v) is 1.12. The van der Waals surface area contributed by atoms with E-state index in [0.29, 0.717) is 24.2 Å². The molecule has 0 spiro atoms. The maximum atomic E-state index is 11.1. The summed E-state index contributed by atoms with van der Waals surface area (Å²) in [5.41, 5.74) is 5.79. The van der Waals surface area contributed by atoms with Crippen molar-refractivity contribution >= 4 is 0 Å². The Bertz CT molecular complexity index is 391. The van der Waals surface area contributed by atoms with Crippen molar-refractivity contribution in [2.45, 2.75) is 19.8 Å². The standard InChI is InChI=1S/C8H13N3O2/c1-5-6(3-2-4-9)10-8(13)11-7(5)12/h2-4,9H2,1H3,(H2,10,11,12,13). The molecular weight excluding hydrogens is 170 g/mol. The van der Waals surface area contributed by atoms with Crippen molar-refractivity contribution in [2.75, 3.05) is 6.54 Å². The number of rotatable bonds is 3. The predicted molar refractivity (Wildman–Crippen MR) is 49.8 cm³/mol. The summed E-state index contributed by atoms with van der Waals surface area (Å²) < 4.78 is 0. The van der Waals surface area contributed by atoms with E-state index in [4.69, 9.17) is 5.73 Å². The highest BCUT2D eigenvalue weighted by Gasteiger charge is 2.02. The van der Waals surface area contributed by atoms with Gasteiger partial charge in [0.25, 0.3) is 5.56 Å². The third-order valence-electron chi connectivity index (χ3n) is 1.92. The molecule has 0 aromatic carbocycles. The molecule has 0 atom stereocenters. The quantitative estimate of drug-likeness (QED) is 0.576. The van der Waals surface area contributed by atoms with E-state index in [1.165, 1.54) is 0 Å². The third kappa shape index (κ3) is 2.29. The molecular formula is C8H13N3O2. The van der Waals surface area contributed by atoms with Gasteiger partial charge in [0.2, 0.25) is 0 Å². The van der Waals surface area contributed by atoms with Gasteiger partial charge in [0.1, 0.15) is 0 Å². The minimum atomic E-state index is -0.456. The average molecular weight is 183 g/mol. The highest BCUT2D eigenvalue weighted by atomic mass is 16.2. The lowest BCUT2D eigenvalue weighted by Gasteiger charge is -2.01. The van der Waals surface area contributed by atoms with E-state index < -0.39 is 5.69 Å². The molecule has 5 nitrogen and oxygen atoms in total. The highest BCUT2D eigenvalue weighted by Crippen LogP contribution is 1.98. The Balaban J connectivity index is 3.06. The summed E-state index contributed by atoms with van der Waals surface area (Å²) in [6.45, 7) is 2.23. The van der Waals surface area contributed by atoms with Gasteiger partial charge in [-0.3, -0.25) is 9.78 Å². The molecule has 1 aromatic rings. The first-order valence-corrected chi connectivity index (χ1v) is 4.17. The Labute approximate surface area is 75.0 Å². The molecule has 0 aliphatic carbocycles. The van der Waals surface area contributed by atoms with Gasteiger partial charge in [0, 0.05) is 11.3 Å². The summed E-state index contributed by atoms with van der Waals surface area (Å²) in [5.74, 6) is 0. The van der Waals surface area contributed by atoms with Crippen molar-refractivity contribution in [3.8, 4) is 0 Å². The van der Waals surface area contributed by atoms with Gasteiger partial charge in [-0.15, -0.1) is 0 Å². The van der Waals surface area contributed by atoms with Crippen LogP contribution in [-0.4, -0.2) is 16.5 Å². The predicted octanol–water partition coefficient (Wildman–Crippen LogP) is -0.737. The van der Waals surface area contributed by atoms with Gasteiger partial charge in [-0.05, 0) is 26.3 Å². The maximum absolute atomic E-state index is 11.1. The Morgan fingerprint density at radius 2 is 2.00 bits per heavy atom. The highest BCUT2D eigenvalue weighted by molar-refractivity contribution is 5.13. The van der Waals surface area contributed by atoms with Gasteiger partial charge in [0.15, 0.2) is 0 Å². The van der Waals surface area contributed by atoms with Crippen molar-refractivity contribution in [1.82, 2.24) is 9.97 Å². The van der Waals surface area contributed by atoms with Crippen LogP contribution in [0.3, 0.4) is 0 Å². The van der Waals surface area contributed by atoms with E-state index in [9.17, 15) is 9.59 Å². The van der Waals surface area contributed by atoms with Gasteiger partial charge >= 0.3 is 5.69 Å². The number of aryl methyl sites for hydroxylation is 1. The second kappa shape index (κ2) is 4.04. The fraction of sp³-hybridized carbons (Fsp3) is 0.500. The molecule has 0 unspecified atom stereocenters. The van der Waals surface area contributed by atoms with E-state index in [0.717, 1.165) is 6.42 Å². The van der Waals surface area contributed by atoms with Crippen LogP contribution in [0.25, 0.3) is 0 Å². The molecule has 0 saturated carbocycles. The van der Waals surface area contributed by atoms with Gasteiger partial charge in [-0.2, -0.15) is 0 Å². The Morgan fingerprint density at radius 3 is 2.62 bits per heavy atom. The molecule has 5 heteroatoms. The number of nitrogens with two attached hydrogens (primary N) is 1. The van der Waals surface area contributed by atoms with Crippen LogP contribution >= 0.6 is 0 Å². The molecule has 4 N–H and O–H groups in total. The van der Waals surface area contributed by atoms with Crippen LogP contribution in [0.1, 0.15) is 17.7 Å². The monoisotopic (exact) mass is 183 g/mol. The molecule has 1 aromatic heterocycles. The van der Waals surface area contributed by atoms with Gasteiger partial charge in [-0.25, -0.2) is 4.79 Å². The lowest BCUT2D eigenvalue weighted by atomic mass is 10.1. The smallest absolute Gasteiger partial charge is 0.325 e. The van der Waals surface area contributed by atoms with Crippen LogP contribution in [0.5, 0.6) is 0 Å². The minimum Gasteiger partial charge on any atom is -0.330 e. The van der Waals surface area contributed by atoms with Crippen LogP contribution in [0.15, 0.2) is 9.59 Å². The topological polar surface area (TPSA) is 91.7 Å². The summed E-state index contributed by atoms with van der Waals surface area (Å²) in [4.78, 5) is 26.7. The summed E-state index contributed by atoms with van der Waals surface area (Å²) in [6, 6.07) is 0. The first-order chi connectivity index (χ1) is 6.15. The van der Waals surface area contributed by atoms with Crippen molar-refractivity contribution in [3.63, 3.8) is 0 Å². The molecule has 1 rings (SSSR count). The van der Waals surface area contributed by atoms with Crippen molar-refractivity contribution in [3.05, 3.63) is 32.1 Å². The van der Waals surface area contributed by atoms with E-state index in [-0.39, 0.29) is 5.56 Å². The SMILES string of the molecule is Cc1c(CCCN)[nH]c(=O)[nH]c1=O. The zero-order chi connectivity index (χ0) is 9.84. The van der Waals surface area contributed by atoms with E-state index in [1.54, 1.807) is 6.92 Å².